The quantitative estimate of drug-likeness (QED) is 0.859. The molecule has 1 aliphatic carbocycles. The minimum atomic E-state index is -3.06. The van der Waals surface area contributed by atoms with Crippen LogP contribution in [0.4, 0.5) is 5.69 Å². The predicted molar refractivity (Wildman–Crippen MR) is 91.4 cm³/mol. The first-order valence-corrected chi connectivity index (χ1v) is 9.99. The number of nitrogens with one attached hydrogen (secondary N) is 2. The first kappa shape index (κ1) is 17.0. The molecule has 0 aromatic heterocycles. The molecule has 1 aromatic carbocycles. The lowest BCUT2D eigenvalue weighted by Crippen LogP contribution is -2.39. The highest BCUT2D eigenvalue weighted by Crippen LogP contribution is 2.38. The summed E-state index contributed by atoms with van der Waals surface area (Å²) in [6, 6.07) is 6.30. The summed E-state index contributed by atoms with van der Waals surface area (Å²) in [7, 11) is -3.06. The molecule has 0 bridgehead atoms. The van der Waals surface area contributed by atoms with Gasteiger partial charge in [0.15, 0.2) is 9.84 Å². The average molecular weight is 350 g/mol. The molecule has 1 saturated heterocycles. The topological polar surface area (TPSA) is 92.3 Å². The zero-order valence-corrected chi connectivity index (χ0v) is 14.6. The largest absolute Gasteiger partial charge is 0.348 e. The van der Waals surface area contributed by atoms with Crippen molar-refractivity contribution >= 4 is 27.3 Å². The third-order valence-corrected chi connectivity index (χ3v) is 6.72. The van der Waals surface area contributed by atoms with Crippen LogP contribution in [-0.2, 0) is 14.6 Å². The molecule has 2 unspecified atom stereocenters. The van der Waals surface area contributed by atoms with E-state index in [0.29, 0.717) is 17.2 Å². The van der Waals surface area contributed by atoms with Crippen LogP contribution in [0.2, 0.25) is 0 Å². The minimum absolute atomic E-state index is 0.00633. The lowest BCUT2D eigenvalue weighted by Gasteiger charge is -2.15. The Morgan fingerprint density at radius 2 is 1.67 bits per heavy atom. The fraction of sp³-hybridized carbons (Fsp3) is 0.529. The van der Waals surface area contributed by atoms with Gasteiger partial charge in [-0.2, -0.15) is 0 Å². The van der Waals surface area contributed by atoms with Crippen molar-refractivity contribution in [2.75, 3.05) is 16.8 Å². The number of benzene rings is 1. The van der Waals surface area contributed by atoms with Crippen molar-refractivity contribution in [3.63, 3.8) is 0 Å². The Labute approximate surface area is 141 Å². The summed E-state index contributed by atoms with van der Waals surface area (Å²) in [4.78, 5) is 24.1. The molecule has 130 valence electrons. The predicted octanol–water partition coefficient (Wildman–Crippen LogP) is 1.44. The molecule has 3 rings (SSSR count). The van der Waals surface area contributed by atoms with Gasteiger partial charge in [0.25, 0.3) is 5.91 Å². The molecule has 4 atom stereocenters. The van der Waals surface area contributed by atoms with Crippen LogP contribution in [0.5, 0.6) is 0 Å². The summed E-state index contributed by atoms with van der Waals surface area (Å²) in [6.45, 7) is 3.87. The van der Waals surface area contributed by atoms with Gasteiger partial charge in [-0.15, -0.1) is 0 Å². The minimum Gasteiger partial charge on any atom is -0.348 e. The molecule has 1 aliphatic heterocycles. The van der Waals surface area contributed by atoms with E-state index in [-0.39, 0.29) is 41.2 Å². The number of amides is 2. The van der Waals surface area contributed by atoms with E-state index in [1.807, 2.05) is 13.8 Å². The van der Waals surface area contributed by atoms with Crippen LogP contribution in [0.1, 0.15) is 30.6 Å². The van der Waals surface area contributed by atoms with Crippen molar-refractivity contribution < 1.29 is 18.0 Å². The molecule has 24 heavy (non-hydrogen) atoms. The van der Waals surface area contributed by atoms with Gasteiger partial charge in [-0.05, 0) is 42.5 Å². The molecule has 1 heterocycles. The second kappa shape index (κ2) is 6.20. The zero-order chi connectivity index (χ0) is 17.5. The molecular formula is C17H22N2O4S. The van der Waals surface area contributed by atoms with Crippen LogP contribution in [0.3, 0.4) is 0 Å². The fourth-order valence-corrected chi connectivity index (χ4v) is 5.21. The molecule has 7 heteroatoms. The highest BCUT2D eigenvalue weighted by molar-refractivity contribution is 7.91. The fourth-order valence-electron chi connectivity index (χ4n) is 3.09. The summed E-state index contributed by atoms with van der Waals surface area (Å²) in [5.41, 5.74) is 1.11. The Morgan fingerprint density at radius 3 is 2.17 bits per heavy atom. The van der Waals surface area contributed by atoms with Crippen LogP contribution in [-0.4, -0.2) is 37.8 Å². The van der Waals surface area contributed by atoms with E-state index in [1.54, 1.807) is 24.3 Å². The maximum absolute atomic E-state index is 12.3. The zero-order valence-electron chi connectivity index (χ0n) is 13.8. The molecule has 2 fully saturated rings. The molecular weight excluding hydrogens is 328 g/mol. The van der Waals surface area contributed by atoms with E-state index in [0.717, 1.165) is 6.42 Å². The number of hydrogen-bond acceptors (Lipinski definition) is 4. The number of hydrogen-bond donors (Lipinski definition) is 2. The van der Waals surface area contributed by atoms with Crippen molar-refractivity contribution in [1.29, 1.82) is 0 Å². The van der Waals surface area contributed by atoms with Gasteiger partial charge < -0.3 is 10.6 Å². The van der Waals surface area contributed by atoms with Crippen molar-refractivity contribution in [2.24, 2.45) is 17.8 Å². The SMILES string of the molecule is CC1CC1C(=O)Nc1ccc(C(=O)N[C@@H]2CS(=O)(=O)C[C@@H]2C)cc1. The van der Waals surface area contributed by atoms with Crippen molar-refractivity contribution in [3.05, 3.63) is 29.8 Å². The van der Waals surface area contributed by atoms with Gasteiger partial charge in [-0.25, -0.2) is 8.42 Å². The lowest BCUT2D eigenvalue weighted by atomic mass is 10.1. The highest BCUT2D eigenvalue weighted by atomic mass is 32.2. The van der Waals surface area contributed by atoms with E-state index in [2.05, 4.69) is 10.6 Å². The summed E-state index contributed by atoms with van der Waals surface area (Å²) in [5, 5.41) is 5.63. The van der Waals surface area contributed by atoms with Gasteiger partial charge in [0.05, 0.1) is 11.5 Å². The van der Waals surface area contributed by atoms with Crippen LogP contribution in [0, 0.1) is 17.8 Å². The standard InChI is InChI=1S/C17H22N2O4S/c1-10-7-14(10)17(21)18-13-5-3-12(4-6-13)16(20)19-15-9-24(22,23)8-11(15)2/h3-6,10-11,14-15H,7-9H2,1-2H3,(H,18,21)(H,19,20)/t10?,11-,14?,15+/m0/s1. The lowest BCUT2D eigenvalue weighted by molar-refractivity contribution is -0.117. The van der Waals surface area contributed by atoms with E-state index in [4.69, 9.17) is 0 Å². The summed E-state index contributed by atoms with van der Waals surface area (Å²) in [6.07, 6.45) is 0.925. The number of carbonyl (C=O) groups excluding carboxylic acids is 2. The van der Waals surface area contributed by atoms with Gasteiger partial charge in [0.2, 0.25) is 5.91 Å². The number of anilines is 1. The third kappa shape index (κ3) is 3.77. The summed E-state index contributed by atoms with van der Waals surface area (Å²) >= 11 is 0. The maximum atomic E-state index is 12.3. The second-order valence-electron chi connectivity index (χ2n) is 7.02. The maximum Gasteiger partial charge on any atom is 0.251 e. The molecule has 1 aromatic rings. The van der Waals surface area contributed by atoms with Crippen molar-refractivity contribution in [1.82, 2.24) is 5.32 Å². The monoisotopic (exact) mass is 350 g/mol. The van der Waals surface area contributed by atoms with Gasteiger partial charge >= 0.3 is 0 Å². The Kier molecular flexibility index (Phi) is 4.38. The van der Waals surface area contributed by atoms with Crippen LogP contribution in [0.15, 0.2) is 24.3 Å². The normalized spacial score (nSPS) is 30.6. The van der Waals surface area contributed by atoms with Gasteiger partial charge in [0, 0.05) is 23.2 Å². The van der Waals surface area contributed by atoms with E-state index in [9.17, 15) is 18.0 Å². The van der Waals surface area contributed by atoms with Gasteiger partial charge in [-0.1, -0.05) is 13.8 Å². The van der Waals surface area contributed by atoms with Gasteiger partial charge in [0.1, 0.15) is 0 Å². The number of sulfone groups is 1. The van der Waals surface area contributed by atoms with Crippen LogP contribution >= 0.6 is 0 Å². The molecule has 0 spiro atoms. The Balaban J connectivity index is 1.59. The first-order valence-electron chi connectivity index (χ1n) is 8.17. The molecule has 2 N–H and O–H groups in total. The van der Waals surface area contributed by atoms with E-state index < -0.39 is 9.84 Å². The van der Waals surface area contributed by atoms with E-state index in [1.165, 1.54) is 0 Å². The van der Waals surface area contributed by atoms with Gasteiger partial charge in [-0.3, -0.25) is 9.59 Å². The smallest absolute Gasteiger partial charge is 0.251 e. The summed E-state index contributed by atoms with van der Waals surface area (Å²) in [5.74, 6) is 0.287. The number of carbonyl (C=O) groups is 2. The number of rotatable bonds is 4. The Hall–Kier alpha value is -1.89. The first-order chi connectivity index (χ1) is 11.2. The third-order valence-electron chi connectivity index (χ3n) is 4.81. The van der Waals surface area contributed by atoms with E-state index >= 15 is 0 Å². The Morgan fingerprint density at radius 1 is 1.04 bits per heavy atom. The molecule has 2 amide bonds. The van der Waals surface area contributed by atoms with Crippen molar-refractivity contribution in [3.8, 4) is 0 Å². The Bertz CT molecular complexity index is 757. The molecule has 0 radical (unpaired) electrons. The molecule has 2 aliphatic rings. The van der Waals surface area contributed by atoms with Crippen LogP contribution < -0.4 is 10.6 Å². The average Bonchev–Trinajstić information content (AvgIpc) is 3.17. The molecule has 1 saturated carbocycles. The van der Waals surface area contributed by atoms with Crippen molar-refractivity contribution in [2.45, 2.75) is 26.3 Å². The second-order valence-corrected chi connectivity index (χ2v) is 9.17. The van der Waals surface area contributed by atoms with Crippen LogP contribution in [0.25, 0.3) is 0 Å². The summed E-state index contributed by atoms with van der Waals surface area (Å²) < 4.78 is 23.2. The molecule has 6 nitrogen and oxygen atoms in total. The highest BCUT2D eigenvalue weighted by Gasteiger charge is 2.39.